The molecule has 0 bridgehead atoms. The summed E-state index contributed by atoms with van der Waals surface area (Å²) in [6.07, 6.45) is 0. The summed E-state index contributed by atoms with van der Waals surface area (Å²) in [5.74, 6) is 0. The van der Waals surface area contributed by atoms with Crippen molar-refractivity contribution in [2.75, 3.05) is 26.2 Å². The van der Waals surface area contributed by atoms with E-state index in [9.17, 15) is 0 Å². The van der Waals surface area contributed by atoms with Crippen molar-refractivity contribution in [2.45, 2.75) is 0 Å². The van der Waals surface area contributed by atoms with Gasteiger partial charge in [-0.05, 0) is 0 Å². The molecule has 0 saturated heterocycles. The second kappa shape index (κ2) is 6.94. The molecule has 0 spiro atoms. The Morgan fingerprint density at radius 3 is 2.75 bits per heavy atom. The van der Waals surface area contributed by atoms with Crippen molar-refractivity contribution in [3.63, 3.8) is 0 Å². The van der Waals surface area contributed by atoms with Gasteiger partial charge in [-0.25, -0.2) is 0 Å². The lowest BCUT2D eigenvalue weighted by atomic mass is 10.6. The Balaban J connectivity index is 2.62. The molecule has 0 aromatic rings. The highest BCUT2D eigenvalue weighted by Crippen LogP contribution is 1.60. The van der Waals surface area contributed by atoms with Crippen molar-refractivity contribution in [3.8, 4) is 0 Å². The first-order chi connectivity index (χ1) is 3.91. The highest BCUT2D eigenvalue weighted by Gasteiger charge is 1.78. The van der Waals surface area contributed by atoms with Crippen molar-refractivity contribution < 1.29 is 0 Å². The Labute approximate surface area is 52.8 Å². The van der Waals surface area contributed by atoms with E-state index in [2.05, 4.69) is 9.95 Å². The quantitative estimate of drug-likeness (QED) is 0.347. The largest absolute Gasteiger partial charge is 0.343 e. The molecular weight excluding hydrogens is 118 g/mol. The number of hydrogen-bond donors (Lipinski definition) is 2. The maximum absolute atomic E-state index is 5.22. The van der Waals surface area contributed by atoms with Crippen LogP contribution < -0.4 is 11.1 Å². The van der Waals surface area contributed by atoms with Crippen LogP contribution in [0.5, 0.6) is 0 Å². The van der Waals surface area contributed by atoms with E-state index in [0.717, 1.165) is 19.6 Å². The molecule has 0 aromatic carbocycles. The predicted molar refractivity (Wildman–Crippen MR) is 37.8 cm³/mol. The lowest BCUT2D eigenvalue weighted by Gasteiger charge is -1.96. The fourth-order valence-electron chi connectivity index (χ4n) is 0.385. The van der Waals surface area contributed by atoms with Gasteiger partial charge in [-0.2, -0.15) is 0 Å². The molecule has 8 heavy (non-hydrogen) atoms. The maximum Gasteiger partial charge on any atom is 0.0888 e. The van der Waals surface area contributed by atoms with Crippen molar-refractivity contribution in [3.05, 3.63) is 0 Å². The van der Waals surface area contributed by atoms with Crippen molar-refractivity contribution in [1.82, 2.24) is 5.32 Å². The molecule has 0 amide bonds. The van der Waals surface area contributed by atoms with E-state index in [1.54, 1.807) is 10.0 Å². The van der Waals surface area contributed by atoms with Gasteiger partial charge in [-0.15, -0.1) is 0 Å². The predicted octanol–water partition coefficient (Wildman–Crippen LogP) is -1.65. The lowest BCUT2D eigenvalue weighted by molar-refractivity contribution is 0.698. The Kier molecular flexibility index (Phi) is 6.88. The summed E-state index contributed by atoms with van der Waals surface area (Å²) >= 11 is 0. The third kappa shape index (κ3) is 5.94. The summed E-state index contributed by atoms with van der Waals surface area (Å²) < 4.78 is 3.93. The van der Waals surface area contributed by atoms with Crippen LogP contribution in [0.3, 0.4) is 0 Å². The Hall–Kier alpha value is -0.0631. The van der Waals surface area contributed by atoms with Gasteiger partial charge < -0.3 is 15.7 Å². The van der Waals surface area contributed by atoms with Crippen LogP contribution in [0.4, 0.5) is 0 Å². The minimum absolute atomic E-state index is 0.714. The van der Waals surface area contributed by atoms with Gasteiger partial charge in [0, 0.05) is 26.2 Å². The van der Waals surface area contributed by atoms with Crippen LogP contribution in [-0.2, 0) is 0 Å². The van der Waals surface area contributed by atoms with Gasteiger partial charge in [0.25, 0.3) is 0 Å². The van der Waals surface area contributed by atoms with Crippen LogP contribution in [0.2, 0.25) is 0 Å². The van der Waals surface area contributed by atoms with E-state index in [-0.39, 0.29) is 0 Å². The van der Waals surface area contributed by atoms with Crippen LogP contribution in [0.1, 0.15) is 0 Å². The fourth-order valence-corrected chi connectivity index (χ4v) is 0.543. The summed E-state index contributed by atoms with van der Waals surface area (Å²) in [7, 11) is 1.64. The number of nitrogens with zero attached hydrogens (tertiary/aromatic N) is 1. The van der Waals surface area contributed by atoms with E-state index >= 15 is 0 Å². The molecule has 48 valence electrons. The number of hydrogen-bond acceptors (Lipinski definition) is 3. The molecular formula is C4H13N3Si. The molecule has 0 aromatic heterocycles. The smallest absolute Gasteiger partial charge is 0.0888 e. The summed E-state index contributed by atoms with van der Waals surface area (Å²) in [4.78, 5) is 0. The summed E-state index contributed by atoms with van der Waals surface area (Å²) in [6.45, 7) is 3.48. The van der Waals surface area contributed by atoms with Gasteiger partial charge in [0.1, 0.15) is 0 Å². The monoisotopic (exact) mass is 131 g/mol. The van der Waals surface area contributed by atoms with E-state index in [1.807, 2.05) is 0 Å². The fraction of sp³-hybridized carbons (Fsp3) is 1.00. The third-order valence-electron chi connectivity index (χ3n) is 0.768. The average molecular weight is 131 g/mol. The van der Waals surface area contributed by atoms with Crippen LogP contribution in [0, 0.1) is 0 Å². The number of rotatable bonds is 5. The topological polar surface area (TPSA) is 50.4 Å². The van der Waals surface area contributed by atoms with Crippen molar-refractivity contribution in [1.29, 1.82) is 0 Å². The zero-order valence-corrected chi connectivity index (χ0v) is 6.47. The molecule has 0 unspecified atom stereocenters. The van der Waals surface area contributed by atoms with Gasteiger partial charge in [0.05, 0.1) is 10.0 Å². The van der Waals surface area contributed by atoms with Crippen molar-refractivity contribution >= 4 is 10.0 Å². The maximum atomic E-state index is 5.22. The molecule has 0 aliphatic heterocycles. The standard InChI is InChI=1S/C4H13N3Si/c5-1-2-6-3-4-7-8/h6H,1-5,8H2. The van der Waals surface area contributed by atoms with E-state index in [0.29, 0.717) is 6.54 Å². The number of nitrogens with two attached hydrogens (primary N) is 1. The molecule has 0 rings (SSSR count). The first-order valence-electron chi connectivity index (χ1n) is 2.75. The molecule has 0 aliphatic rings. The van der Waals surface area contributed by atoms with Crippen LogP contribution >= 0.6 is 0 Å². The van der Waals surface area contributed by atoms with E-state index < -0.39 is 0 Å². The highest BCUT2D eigenvalue weighted by atomic mass is 28.1. The summed E-state index contributed by atoms with van der Waals surface area (Å²) in [6, 6.07) is 0. The second-order valence-corrected chi connectivity index (χ2v) is 1.93. The Morgan fingerprint density at radius 1 is 1.50 bits per heavy atom. The zero-order valence-electron chi connectivity index (χ0n) is 5.06. The molecule has 0 atom stereocenters. The van der Waals surface area contributed by atoms with Crippen molar-refractivity contribution in [2.24, 2.45) is 10.4 Å². The SMILES string of the molecule is NCCNCCN=[SiH2]. The molecule has 0 fully saturated rings. The molecule has 0 aliphatic carbocycles. The zero-order chi connectivity index (χ0) is 6.24. The molecule has 0 heterocycles. The average Bonchev–Trinajstić information content (AvgIpc) is 1.81. The van der Waals surface area contributed by atoms with Gasteiger partial charge in [-0.1, -0.05) is 0 Å². The third-order valence-corrected chi connectivity index (χ3v) is 1.08. The van der Waals surface area contributed by atoms with E-state index in [4.69, 9.17) is 5.73 Å². The molecule has 3 N–H and O–H groups in total. The van der Waals surface area contributed by atoms with Gasteiger partial charge in [0.15, 0.2) is 0 Å². The van der Waals surface area contributed by atoms with Gasteiger partial charge in [-0.3, -0.25) is 0 Å². The van der Waals surface area contributed by atoms with Crippen LogP contribution in [0.25, 0.3) is 0 Å². The molecule has 3 nitrogen and oxygen atoms in total. The molecule has 0 saturated carbocycles. The van der Waals surface area contributed by atoms with Crippen LogP contribution in [0.15, 0.2) is 4.63 Å². The minimum Gasteiger partial charge on any atom is -0.343 e. The Bertz CT molecular complexity index is 57.2. The Morgan fingerprint density at radius 2 is 2.25 bits per heavy atom. The molecule has 0 radical (unpaired) electrons. The normalized spacial score (nSPS) is 9.12. The summed E-state index contributed by atoms with van der Waals surface area (Å²) in [5, 5.41) is 3.12. The van der Waals surface area contributed by atoms with Gasteiger partial charge >= 0.3 is 0 Å². The minimum atomic E-state index is 0.714. The van der Waals surface area contributed by atoms with Crippen LogP contribution in [-0.4, -0.2) is 36.2 Å². The first-order valence-corrected chi connectivity index (χ1v) is 3.38. The summed E-state index contributed by atoms with van der Waals surface area (Å²) in [5.41, 5.74) is 5.22. The van der Waals surface area contributed by atoms with Gasteiger partial charge in [0.2, 0.25) is 0 Å². The highest BCUT2D eigenvalue weighted by molar-refractivity contribution is 5.91. The lowest BCUT2D eigenvalue weighted by Crippen LogP contribution is -2.24. The molecule has 4 heteroatoms. The second-order valence-electron chi connectivity index (χ2n) is 1.49. The number of nitrogens with one attached hydrogen (secondary N) is 1. The van der Waals surface area contributed by atoms with E-state index in [1.165, 1.54) is 0 Å². The first kappa shape index (κ1) is 7.94.